The zero-order chi connectivity index (χ0) is 22.4. The van der Waals surface area contributed by atoms with Crippen LogP contribution in [0, 0.1) is 0 Å². The van der Waals surface area contributed by atoms with Gasteiger partial charge in [0.25, 0.3) is 0 Å². The second kappa shape index (κ2) is 9.72. The normalized spacial score (nSPS) is 20.1. The minimum atomic E-state index is -2.16. The zero-order valence-electron chi connectivity index (χ0n) is 15.0. The Bertz CT molecular complexity index is 519. The summed E-state index contributed by atoms with van der Waals surface area (Å²) < 4.78 is 0. The molecule has 0 radical (unpaired) electrons. The van der Waals surface area contributed by atoms with E-state index in [2.05, 4.69) is 0 Å². The van der Waals surface area contributed by atoms with Crippen LogP contribution in [0.1, 0.15) is 25.7 Å². The summed E-state index contributed by atoms with van der Waals surface area (Å²) in [5.41, 5.74) is 28.0. The van der Waals surface area contributed by atoms with Crippen molar-refractivity contribution in [1.29, 1.82) is 0 Å². The first-order valence-electron chi connectivity index (χ1n) is 8.03. The van der Waals surface area contributed by atoms with E-state index in [1.54, 1.807) is 0 Å². The van der Waals surface area contributed by atoms with E-state index in [9.17, 15) is 39.6 Å². The first-order chi connectivity index (χ1) is 12.6. The number of aliphatic hydroxyl groups is 4. The number of nitrogens with two attached hydrogens (primary N) is 6. The van der Waals surface area contributed by atoms with Gasteiger partial charge in [0.2, 0.25) is 23.6 Å². The van der Waals surface area contributed by atoms with Gasteiger partial charge in [-0.05, 0) is 0 Å². The van der Waals surface area contributed by atoms with Crippen LogP contribution in [0.3, 0.4) is 0 Å². The average molecular weight is 408 g/mol. The second-order valence-electron chi connectivity index (χ2n) is 6.80. The molecule has 0 aliphatic rings. The van der Waals surface area contributed by atoms with E-state index >= 15 is 0 Å². The Labute approximate surface area is 159 Å². The maximum Gasteiger partial charge on any atom is 0.246 e. The molecule has 0 aromatic carbocycles. The van der Waals surface area contributed by atoms with Gasteiger partial charge in [0.15, 0.2) is 0 Å². The molecule has 0 aromatic rings. The van der Waals surface area contributed by atoms with Gasteiger partial charge in [-0.2, -0.15) is 0 Å². The van der Waals surface area contributed by atoms with Crippen molar-refractivity contribution in [1.82, 2.24) is 0 Å². The Balaban J connectivity index is 6.28. The van der Waals surface area contributed by atoms with Crippen LogP contribution in [0.2, 0.25) is 0 Å². The highest BCUT2D eigenvalue weighted by Crippen LogP contribution is 2.35. The van der Waals surface area contributed by atoms with Gasteiger partial charge in [-0.1, -0.05) is 0 Å². The van der Waals surface area contributed by atoms with Gasteiger partial charge in [0.1, 0.15) is 24.4 Å². The van der Waals surface area contributed by atoms with E-state index in [1.807, 2.05) is 0 Å². The Morgan fingerprint density at radius 1 is 0.536 bits per heavy atom. The molecule has 0 fully saturated rings. The van der Waals surface area contributed by atoms with Gasteiger partial charge in [-0.25, -0.2) is 0 Å². The summed E-state index contributed by atoms with van der Waals surface area (Å²) in [6.07, 6.45) is -10.9. The minimum Gasteiger partial charge on any atom is -0.383 e. The Morgan fingerprint density at radius 2 is 0.679 bits per heavy atom. The third-order valence-electron chi connectivity index (χ3n) is 4.54. The largest absolute Gasteiger partial charge is 0.383 e. The molecule has 0 bridgehead atoms. The summed E-state index contributed by atoms with van der Waals surface area (Å²) in [5, 5.41) is 39.4. The van der Waals surface area contributed by atoms with E-state index < -0.39 is 84.8 Å². The molecule has 0 rings (SSSR count). The average Bonchev–Trinajstić information content (AvgIpc) is 2.53. The summed E-state index contributed by atoms with van der Waals surface area (Å²) >= 11 is 0. The van der Waals surface area contributed by atoms with E-state index in [4.69, 9.17) is 34.4 Å². The number of primary amides is 4. The Hall–Kier alpha value is -2.36. The number of aliphatic hydroxyl groups excluding tert-OH is 4. The van der Waals surface area contributed by atoms with Gasteiger partial charge in [0.05, 0.1) is 0 Å². The van der Waals surface area contributed by atoms with Gasteiger partial charge in [-0.15, -0.1) is 0 Å². The van der Waals surface area contributed by atoms with E-state index in [1.165, 1.54) is 0 Å². The van der Waals surface area contributed by atoms with Crippen LogP contribution < -0.4 is 34.4 Å². The summed E-state index contributed by atoms with van der Waals surface area (Å²) in [6, 6.07) is 0. The van der Waals surface area contributed by atoms with Crippen LogP contribution in [0.5, 0.6) is 0 Å². The van der Waals surface area contributed by atoms with Crippen LogP contribution in [-0.2, 0) is 19.2 Å². The molecular formula is C14H28N6O8. The minimum absolute atomic E-state index is 0.792. The first kappa shape index (κ1) is 25.6. The predicted octanol–water partition coefficient (Wildman–Crippen LogP) is -6.67. The zero-order valence-corrected chi connectivity index (χ0v) is 15.0. The maximum atomic E-state index is 11.3. The molecule has 162 valence electrons. The number of carbonyl (C=O) groups excluding carboxylic acids is 4. The number of hydrogen-bond donors (Lipinski definition) is 10. The fourth-order valence-corrected chi connectivity index (χ4v) is 2.76. The summed E-state index contributed by atoms with van der Waals surface area (Å²) in [4.78, 5) is 45.0. The molecule has 14 heteroatoms. The fraction of sp³-hybridized carbons (Fsp3) is 0.714. The highest BCUT2D eigenvalue weighted by atomic mass is 16.3. The SMILES string of the molecule is NC(=O)C(O)CC(N)(CC(O)C(N)=O)C(N)(CC(O)C(N)=O)CC(O)C(N)=O. The van der Waals surface area contributed by atoms with Crippen molar-refractivity contribution < 1.29 is 39.6 Å². The van der Waals surface area contributed by atoms with Crippen LogP contribution in [0.25, 0.3) is 0 Å². The predicted molar refractivity (Wildman–Crippen MR) is 93.1 cm³/mol. The first-order valence-corrected chi connectivity index (χ1v) is 8.03. The fourth-order valence-electron chi connectivity index (χ4n) is 2.76. The van der Waals surface area contributed by atoms with Crippen molar-refractivity contribution in [2.75, 3.05) is 0 Å². The highest BCUT2D eigenvalue weighted by molar-refractivity contribution is 5.81. The summed E-state index contributed by atoms with van der Waals surface area (Å²) in [5.74, 6) is -4.96. The van der Waals surface area contributed by atoms with Crippen LogP contribution in [0.15, 0.2) is 0 Å². The maximum absolute atomic E-state index is 11.3. The molecule has 16 N–H and O–H groups in total. The van der Waals surface area contributed by atoms with E-state index in [0.29, 0.717) is 0 Å². The topological polar surface area (TPSA) is 305 Å². The number of carbonyl (C=O) groups is 4. The molecule has 4 atom stereocenters. The van der Waals surface area contributed by atoms with Gasteiger partial charge in [-0.3, -0.25) is 19.2 Å². The lowest BCUT2D eigenvalue weighted by molar-refractivity contribution is -0.134. The molecule has 4 unspecified atom stereocenters. The van der Waals surface area contributed by atoms with E-state index in [0.717, 1.165) is 0 Å². The summed E-state index contributed by atoms with van der Waals surface area (Å²) in [7, 11) is 0. The van der Waals surface area contributed by atoms with Crippen LogP contribution in [-0.4, -0.2) is 79.5 Å². The Kier molecular flexibility index (Phi) is 8.90. The quantitative estimate of drug-likeness (QED) is 0.137. The second-order valence-corrected chi connectivity index (χ2v) is 6.80. The highest BCUT2D eigenvalue weighted by Gasteiger charge is 2.51. The third kappa shape index (κ3) is 6.66. The Morgan fingerprint density at radius 3 is 0.786 bits per heavy atom. The number of amides is 4. The van der Waals surface area contributed by atoms with Crippen molar-refractivity contribution >= 4 is 23.6 Å². The van der Waals surface area contributed by atoms with Gasteiger partial charge in [0, 0.05) is 36.8 Å². The number of rotatable bonds is 13. The van der Waals surface area contributed by atoms with Crippen LogP contribution >= 0.6 is 0 Å². The molecule has 0 aliphatic carbocycles. The third-order valence-corrected chi connectivity index (χ3v) is 4.54. The smallest absolute Gasteiger partial charge is 0.246 e. The van der Waals surface area contributed by atoms with Crippen molar-refractivity contribution in [3.8, 4) is 0 Å². The molecule has 14 nitrogen and oxygen atoms in total. The lowest BCUT2D eigenvalue weighted by atomic mass is 9.65. The van der Waals surface area contributed by atoms with Gasteiger partial charge >= 0.3 is 0 Å². The molecule has 0 heterocycles. The summed E-state index contributed by atoms with van der Waals surface area (Å²) in [6.45, 7) is 0. The lowest BCUT2D eigenvalue weighted by Gasteiger charge is -2.48. The molecule has 0 aromatic heterocycles. The molecule has 0 saturated carbocycles. The molecular weight excluding hydrogens is 380 g/mol. The van der Waals surface area contributed by atoms with Crippen molar-refractivity contribution in [2.24, 2.45) is 34.4 Å². The standard InChI is InChI=1S/C14H28N6O8/c15-9(25)5(21)1-13(19,2-6(22)10(16)26)14(20,3-7(23)11(17)27)4-8(24)12(18)28/h5-8,21-24H,1-4,19-20H2,(H2,15,25)(H2,16,26)(H2,17,27)(H2,18,28). The monoisotopic (exact) mass is 408 g/mol. The molecule has 4 amide bonds. The van der Waals surface area contributed by atoms with Crippen molar-refractivity contribution in [3.63, 3.8) is 0 Å². The van der Waals surface area contributed by atoms with Gasteiger partial charge < -0.3 is 54.8 Å². The molecule has 0 aliphatic heterocycles. The lowest BCUT2D eigenvalue weighted by Crippen LogP contribution is -2.71. The number of hydrogen-bond acceptors (Lipinski definition) is 10. The van der Waals surface area contributed by atoms with E-state index in [-0.39, 0.29) is 0 Å². The molecule has 0 saturated heterocycles. The van der Waals surface area contributed by atoms with Crippen LogP contribution in [0.4, 0.5) is 0 Å². The van der Waals surface area contributed by atoms with Crippen molar-refractivity contribution in [3.05, 3.63) is 0 Å². The molecule has 0 spiro atoms. The molecule has 28 heavy (non-hydrogen) atoms. The van der Waals surface area contributed by atoms with Crippen molar-refractivity contribution in [2.45, 2.75) is 61.2 Å².